The minimum Gasteiger partial charge on any atom is -0.497 e. The summed E-state index contributed by atoms with van der Waals surface area (Å²) in [5, 5.41) is 8.46. The van der Waals surface area contributed by atoms with E-state index >= 15 is 0 Å². The molecule has 0 radical (unpaired) electrons. The highest BCUT2D eigenvalue weighted by molar-refractivity contribution is 7.99. The lowest BCUT2D eigenvalue weighted by atomic mass is 9.78. The fraction of sp³-hybridized carbons (Fsp3) is 0.333. The number of fused-ring (bicyclic) bond motifs is 2. The van der Waals surface area contributed by atoms with Crippen molar-refractivity contribution in [1.82, 2.24) is 14.8 Å². The van der Waals surface area contributed by atoms with Crippen LogP contribution in [-0.4, -0.2) is 59.7 Å². The van der Waals surface area contributed by atoms with E-state index in [1.807, 2.05) is 42.5 Å². The van der Waals surface area contributed by atoms with Gasteiger partial charge in [0.25, 0.3) is 0 Å². The lowest BCUT2D eigenvalue weighted by molar-refractivity contribution is -0.137. The summed E-state index contributed by atoms with van der Waals surface area (Å²) < 4.78 is 23.3. The van der Waals surface area contributed by atoms with Gasteiger partial charge in [0.05, 0.1) is 20.0 Å². The number of aromatic nitrogens is 3. The number of carbonyl (C=O) groups excluding carboxylic acids is 2. The van der Waals surface area contributed by atoms with E-state index < -0.39 is 6.04 Å². The number of esters is 1. The van der Waals surface area contributed by atoms with Gasteiger partial charge in [-0.1, -0.05) is 30.0 Å². The summed E-state index contributed by atoms with van der Waals surface area (Å²) in [6.07, 6.45) is 1.02. The molecule has 3 aromatic rings. The molecule has 3 aliphatic rings. The van der Waals surface area contributed by atoms with Crippen molar-refractivity contribution in [2.45, 2.75) is 30.0 Å². The summed E-state index contributed by atoms with van der Waals surface area (Å²) in [6.45, 7) is 0.955. The summed E-state index contributed by atoms with van der Waals surface area (Å²) in [4.78, 5) is 30.1. The predicted molar refractivity (Wildman–Crippen MR) is 139 cm³/mol. The molecule has 0 saturated heterocycles. The summed E-state index contributed by atoms with van der Waals surface area (Å²) in [7, 11) is 2.98. The first-order valence-electron chi connectivity index (χ1n) is 12.3. The second-order valence-electron chi connectivity index (χ2n) is 9.15. The molecule has 11 heteroatoms. The number of allylic oxidation sites excluding steroid dienone is 2. The number of Topliss-reactive ketones (excluding diaryl/α,β-unsaturated/α-hetero) is 1. The standard InChI is InChI=1S/C27H26N4O6S/c1-34-18-6-3-15(4-7-18)17-11-19-24(20(32)12-17)25(16-5-8-21-22(13-16)37-10-9-36-21)31-26(28-19)29-27(30-31)38-14-23(33)35-2/h3-8,13,17,25H,9-12,14H2,1-2H3,(H,28,29,30). The van der Waals surface area contributed by atoms with Gasteiger partial charge in [0.15, 0.2) is 17.3 Å². The molecule has 2 unspecified atom stereocenters. The molecule has 0 saturated carbocycles. The Hall–Kier alpha value is -3.99. The maximum Gasteiger partial charge on any atom is 0.316 e. The molecule has 196 valence electrons. The van der Waals surface area contributed by atoms with Crippen molar-refractivity contribution in [2.75, 3.05) is 38.5 Å². The van der Waals surface area contributed by atoms with Crippen molar-refractivity contribution in [3.63, 3.8) is 0 Å². The number of nitrogens with zero attached hydrogens (tertiary/aromatic N) is 3. The van der Waals surface area contributed by atoms with Crippen LogP contribution >= 0.6 is 11.8 Å². The largest absolute Gasteiger partial charge is 0.497 e. The van der Waals surface area contributed by atoms with Crippen LogP contribution in [0, 0.1) is 0 Å². The second-order valence-corrected chi connectivity index (χ2v) is 10.1. The molecule has 3 heterocycles. The number of hydrogen-bond donors (Lipinski definition) is 1. The van der Waals surface area contributed by atoms with E-state index in [2.05, 4.69) is 15.4 Å². The summed E-state index contributed by atoms with van der Waals surface area (Å²) in [6, 6.07) is 13.1. The third-order valence-corrected chi connectivity index (χ3v) is 7.73. The van der Waals surface area contributed by atoms with Gasteiger partial charge in [0.1, 0.15) is 25.0 Å². The van der Waals surface area contributed by atoms with E-state index in [1.54, 1.807) is 11.8 Å². The summed E-state index contributed by atoms with van der Waals surface area (Å²) >= 11 is 1.18. The first-order chi connectivity index (χ1) is 18.5. The number of benzene rings is 2. The number of thioether (sulfide) groups is 1. The van der Waals surface area contributed by atoms with Gasteiger partial charge in [-0.3, -0.25) is 9.59 Å². The van der Waals surface area contributed by atoms with Crippen LogP contribution in [0.4, 0.5) is 5.95 Å². The van der Waals surface area contributed by atoms with Crippen molar-refractivity contribution >= 4 is 29.5 Å². The van der Waals surface area contributed by atoms with Gasteiger partial charge in [0.2, 0.25) is 11.1 Å². The van der Waals surface area contributed by atoms with E-state index in [4.69, 9.17) is 18.9 Å². The van der Waals surface area contributed by atoms with Crippen LogP contribution in [0.25, 0.3) is 0 Å². The van der Waals surface area contributed by atoms with Crippen LogP contribution in [0.15, 0.2) is 58.9 Å². The number of nitrogens with one attached hydrogen (secondary N) is 1. The van der Waals surface area contributed by atoms with E-state index in [0.717, 1.165) is 22.6 Å². The van der Waals surface area contributed by atoms with Crippen molar-refractivity contribution in [2.24, 2.45) is 0 Å². The van der Waals surface area contributed by atoms with Crippen molar-refractivity contribution in [1.29, 1.82) is 0 Å². The molecule has 38 heavy (non-hydrogen) atoms. The van der Waals surface area contributed by atoms with E-state index in [1.165, 1.54) is 18.9 Å². The molecule has 1 aromatic heterocycles. The highest BCUT2D eigenvalue weighted by Gasteiger charge is 2.40. The van der Waals surface area contributed by atoms with Gasteiger partial charge >= 0.3 is 5.97 Å². The van der Waals surface area contributed by atoms with Gasteiger partial charge in [0, 0.05) is 17.7 Å². The topological polar surface area (TPSA) is 114 Å². The number of hydrogen-bond acceptors (Lipinski definition) is 10. The van der Waals surface area contributed by atoms with Crippen LogP contribution in [-0.2, 0) is 14.3 Å². The van der Waals surface area contributed by atoms with Crippen molar-refractivity contribution < 1.29 is 28.5 Å². The fourth-order valence-electron chi connectivity index (χ4n) is 5.09. The Morgan fingerprint density at radius 3 is 2.61 bits per heavy atom. The van der Waals surface area contributed by atoms with Gasteiger partial charge in [-0.25, -0.2) is 4.68 Å². The monoisotopic (exact) mass is 534 g/mol. The molecule has 6 rings (SSSR count). The Morgan fingerprint density at radius 2 is 1.84 bits per heavy atom. The molecule has 1 aliphatic carbocycles. The minimum atomic E-state index is -0.499. The zero-order valence-electron chi connectivity index (χ0n) is 20.9. The molecule has 2 atom stereocenters. The maximum absolute atomic E-state index is 13.8. The third kappa shape index (κ3) is 4.47. The Kier molecular flexibility index (Phi) is 6.44. The van der Waals surface area contributed by atoms with Gasteiger partial charge in [-0.2, -0.15) is 4.98 Å². The Bertz CT molecular complexity index is 1430. The Morgan fingerprint density at radius 1 is 1.08 bits per heavy atom. The molecule has 0 amide bonds. The van der Waals surface area contributed by atoms with E-state index in [-0.39, 0.29) is 23.4 Å². The number of carbonyl (C=O) groups is 2. The maximum atomic E-state index is 13.8. The average Bonchev–Trinajstić information content (AvgIpc) is 3.37. The highest BCUT2D eigenvalue weighted by atomic mass is 32.2. The number of methoxy groups -OCH3 is 2. The number of anilines is 1. The molecule has 0 spiro atoms. The van der Waals surface area contributed by atoms with Crippen LogP contribution in [0.2, 0.25) is 0 Å². The molecule has 0 bridgehead atoms. The number of ether oxygens (including phenoxy) is 4. The predicted octanol–water partition coefficient (Wildman–Crippen LogP) is 3.74. The van der Waals surface area contributed by atoms with Crippen LogP contribution in [0.1, 0.15) is 35.9 Å². The number of ketones is 1. The summed E-state index contributed by atoms with van der Waals surface area (Å²) in [5.41, 5.74) is 3.40. The molecule has 1 N–H and O–H groups in total. The zero-order chi connectivity index (χ0) is 26.2. The number of rotatable bonds is 6. The van der Waals surface area contributed by atoms with E-state index in [0.29, 0.717) is 54.2 Å². The lowest BCUT2D eigenvalue weighted by Crippen LogP contribution is -2.33. The first kappa shape index (κ1) is 24.4. The highest BCUT2D eigenvalue weighted by Crippen LogP contribution is 2.46. The van der Waals surface area contributed by atoms with Crippen LogP contribution in [0.3, 0.4) is 0 Å². The first-order valence-corrected chi connectivity index (χ1v) is 13.3. The molecular formula is C27H26N4O6S. The quantitative estimate of drug-likeness (QED) is 0.371. The van der Waals surface area contributed by atoms with Crippen LogP contribution in [0.5, 0.6) is 17.2 Å². The Balaban J connectivity index is 1.39. The SMILES string of the molecule is COC(=O)CSc1nc2n(n1)C(c1ccc3c(c1)OCCO3)C1=C(CC(c3ccc(OC)cc3)CC1=O)N2. The minimum absolute atomic E-state index is 0.0169. The van der Waals surface area contributed by atoms with Gasteiger partial charge in [-0.05, 0) is 47.7 Å². The molecule has 10 nitrogen and oxygen atoms in total. The van der Waals surface area contributed by atoms with E-state index in [9.17, 15) is 9.59 Å². The fourth-order valence-corrected chi connectivity index (χ4v) is 5.75. The average molecular weight is 535 g/mol. The van der Waals surface area contributed by atoms with Crippen molar-refractivity contribution in [3.8, 4) is 17.2 Å². The molecule has 0 fully saturated rings. The smallest absolute Gasteiger partial charge is 0.316 e. The summed E-state index contributed by atoms with van der Waals surface area (Å²) in [5.74, 6) is 2.37. The van der Waals surface area contributed by atoms with Crippen LogP contribution < -0.4 is 19.5 Å². The second kappa shape index (κ2) is 10.1. The third-order valence-electron chi connectivity index (χ3n) is 6.92. The van der Waals surface area contributed by atoms with Gasteiger partial charge in [-0.15, -0.1) is 5.10 Å². The molecule has 2 aromatic carbocycles. The van der Waals surface area contributed by atoms with Gasteiger partial charge < -0.3 is 24.3 Å². The molecular weight excluding hydrogens is 508 g/mol. The van der Waals surface area contributed by atoms with Crippen molar-refractivity contribution in [3.05, 3.63) is 64.9 Å². The zero-order valence-corrected chi connectivity index (χ0v) is 21.7. The Labute approximate surface area is 223 Å². The normalized spacial score (nSPS) is 19.8. The lowest BCUT2D eigenvalue weighted by Gasteiger charge is -2.35. The molecule has 2 aliphatic heterocycles.